The monoisotopic (exact) mass is 744 g/mol. The molecule has 294 valence electrons. The van der Waals surface area contributed by atoms with Crippen molar-refractivity contribution in [2.45, 2.75) is 89.4 Å². The van der Waals surface area contributed by atoms with Crippen LogP contribution in [-0.4, -0.2) is 85.2 Å². The Morgan fingerprint density at radius 1 is 1.02 bits per heavy atom. The lowest BCUT2D eigenvalue weighted by Gasteiger charge is -2.60. The van der Waals surface area contributed by atoms with Crippen molar-refractivity contribution in [2.75, 3.05) is 46.7 Å². The first-order valence-electron chi connectivity index (χ1n) is 19.8. The SMILES string of the molecule is C=CCOc1ccc2c(c1)[C@H]1[C@H](CCCCO)[C@@H](CCCCO)C=C3C(=NOCC)C[C@H](N(CCC)C(=O)Cc4cccc(OC)c4)[C@@](OCC=C)(O2)[C@H]31. The second-order valence-electron chi connectivity index (χ2n) is 14.4. The minimum Gasteiger partial charge on any atom is -0.497 e. The van der Waals surface area contributed by atoms with E-state index in [2.05, 4.69) is 32.2 Å². The maximum absolute atomic E-state index is 14.7. The topological polar surface area (TPSA) is 119 Å². The number of fused-ring (bicyclic) bond motifs is 2. The van der Waals surface area contributed by atoms with Gasteiger partial charge < -0.3 is 38.9 Å². The summed E-state index contributed by atoms with van der Waals surface area (Å²) in [5.74, 6) is 0.569. The highest BCUT2D eigenvalue weighted by Gasteiger charge is 2.65. The lowest BCUT2D eigenvalue weighted by molar-refractivity contribution is -0.257. The third kappa shape index (κ3) is 9.04. The van der Waals surface area contributed by atoms with E-state index in [4.69, 9.17) is 28.9 Å². The number of hydrogen-bond donors (Lipinski definition) is 2. The second-order valence-corrected chi connectivity index (χ2v) is 14.4. The van der Waals surface area contributed by atoms with Crippen LogP contribution in [0.25, 0.3) is 0 Å². The summed E-state index contributed by atoms with van der Waals surface area (Å²) in [5.41, 5.74) is 3.68. The number of methoxy groups -OCH3 is 1. The predicted octanol–water partition coefficient (Wildman–Crippen LogP) is 7.39. The zero-order valence-corrected chi connectivity index (χ0v) is 32.4. The molecule has 0 aromatic heterocycles. The van der Waals surface area contributed by atoms with Crippen LogP contribution < -0.4 is 14.2 Å². The van der Waals surface area contributed by atoms with Gasteiger partial charge in [-0.2, -0.15) is 0 Å². The third-order valence-electron chi connectivity index (χ3n) is 11.0. The number of carbonyl (C=O) groups excluding carboxylic acids is 1. The van der Waals surface area contributed by atoms with Gasteiger partial charge in [-0.25, -0.2) is 0 Å². The van der Waals surface area contributed by atoms with Crippen LogP contribution in [0.1, 0.15) is 82.3 Å². The Labute approximate surface area is 321 Å². The molecule has 2 aromatic carbocycles. The van der Waals surface area contributed by atoms with Gasteiger partial charge in [0.1, 0.15) is 36.5 Å². The number of rotatable bonds is 22. The number of nitrogens with zero attached hydrogens (tertiary/aromatic N) is 2. The first-order valence-corrected chi connectivity index (χ1v) is 19.8. The number of unbranched alkanes of at least 4 members (excludes halogenated alkanes) is 2. The fourth-order valence-corrected chi connectivity index (χ4v) is 8.79. The van der Waals surface area contributed by atoms with Gasteiger partial charge in [0.25, 0.3) is 0 Å². The number of aliphatic hydroxyl groups excluding tert-OH is 2. The van der Waals surface area contributed by atoms with Crippen molar-refractivity contribution < 1.29 is 38.8 Å². The molecule has 1 aliphatic heterocycles. The van der Waals surface area contributed by atoms with Crippen LogP contribution in [0.4, 0.5) is 0 Å². The zero-order chi connectivity index (χ0) is 38.5. The summed E-state index contributed by atoms with van der Waals surface area (Å²) < 4.78 is 25.9. The molecule has 6 atom stereocenters. The number of hydrogen-bond acceptors (Lipinski definition) is 9. The first-order chi connectivity index (χ1) is 26.4. The second kappa shape index (κ2) is 20.0. The van der Waals surface area contributed by atoms with Crippen LogP contribution in [0.15, 0.2) is 84.6 Å². The molecule has 1 saturated carbocycles. The van der Waals surface area contributed by atoms with Crippen LogP contribution >= 0.6 is 0 Å². The smallest absolute Gasteiger partial charge is 0.239 e. The first kappa shape index (κ1) is 41.1. The Morgan fingerprint density at radius 2 is 1.80 bits per heavy atom. The fraction of sp³-hybridized carbons (Fsp3) is 0.545. The predicted molar refractivity (Wildman–Crippen MR) is 211 cm³/mol. The van der Waals surface area contributed by atoms with Gasteiger partial charge in [0, 0.05) is 37.7 Å². The van der Waals surface area contributed by atoms with Crippen LogP contribution in [-0.2, 0) is 20.8 Å². The average Bonchev–Trinajstić information content (AvgIpc) is 3.19. The van der Waals surface area contributed by atoms with Gasteiger partial charge >= 0.3 is 0 Å². The fourth-order valence-electron chi connectivity index (χ4n) is 8.79. The molecule has 0 saturated heterocycles. The average molecular weight is 745 g/mol. The van der Waals surface area contributed by atoms with Gasteiger partial charge in [-0.3, -0.25) is 4.79 Å². The Morgan fingerprint density at radius 3 is 2.50 bits per heavy atom. The Bertz CT molecular complexity index is 1620. The number of aliphatic hydroxyl groups is 2. The Hall–Kier alpha value is -4.12. The number of oxime groups is 1. The molecule has 1 fully saturated rings. The number of carbonyl (C=O) groups is 1. The molecule has 2 aliphatic carbocycles. The Balaban J connectivity index is 1.75. The van der Waals surface area contributed by atoms with Crippen molar-refractivity contribution in [3.05, 3.63) is 90.6 Å². The van der Waals surface area contributed by atoms with Gasteiger partial charge in [-0.1, -0.05) is 61.9 Å². The molecule has 10 nitrogen and oxygen atoms in total. The highest BCUT2D eigenvalue weighted by Crippen LogP contribution is 2.62. The molecular weight excluding hydrogens is 684 g/mol. The molecule has 0 bridgehead atoms. The molecule has 10 heteroatoms. The molecule has 2 N–H and O–H groups in total. The lowest BCUT2D eigenvalue weighted by atomic mass is 9.55. The summed E-state index contributed by atoms with van der Waals surface area (Å²) in [5, 5.41) is 24.4. The van der Waals surface area contributed by atoms with Gasteiger partial charge in [0.05, 0.1) is 31.8 Å². The van der Waals surface area contributed by atoms with Gasteiger partial charge in [-0.05, 0) is 92.3 Å². The molecule has 54 heavy (non-hydrogen) atoms. The number of ether oxygens (including phenoxy) is 4. The lowest BCUT2D eigenvalue weighted by Crippen LogP contribution is -2.70. The molecule has 3 aliphatic rings. The molecule has 1 amide bonds. The number of amides is 1. The van der Waals surface area contributed by atoms with E-state index in [1.807, 2.05) is 48.2 Å². The summed E-state index contributed by atoms with van der Waals surface area (Å²) in [7, 11) is 1.62. The largest absolute Gasteiger partial charge is 0.497 e. The van der Waals surface area contributed by atoms with E-state index in [-0.39, 0.29) is 55.8 Å². The quantitative estimate of drug-likeness (QED) is 0.0728. The van der Waals surface area contributed by atoms with Crippen molar-refractivity contribution in [3.63, 3.8) is 0 Å². The standard InChI is InChI=1S/C44H60N2O8/c1-6-21-46(41(49)27-31-15-14-17-33(26-31)50-5)40-30-38(45-53-9-4)36-28-32(16-10-12-22-47)35(18-11-13-23-48)42-37-29-34(51-24-7-2)19-20-39(37)54-44(40,43(36)42)52-25-8-3/h7-8,14-15,17,19-20,26,28-29,32,35,40,42-43,47-48H,2-3,6,9-13,16,18,21-25,27,30H2,1,4-5H3/t32-,35+,40-,42+,43+,44+/m0/s1. The van der Waals surface area contributed by atoms with Gasteiger partial charge in [0.15, 0.2) is 0 Å². The summed E-state index contributed by atoms with van der Waals surface area (Å²) in [6.45, 7) is 13.6. The summed E-state index contributed by atoms with van der Waals surface area (Å²) in [6, 6.07) is 13.0. The molecule has 2 aromatic rings. The van der Waals surface area contributed by atoms with Gasteiger partial charge in [0.2, 0.25) is 11.7 Å². The van der Waals surface area contributed by atoms with Crippen molar-refractivity contribution in [1.29, 1.82) is 0 Å². The molecule has 1 heterocycles. The number of benzene rings is 2. The third-order valence-corrected chi connectivity index (χ3v) is 11.0. The van der Waals surface area contributed by atoms with Crippen molar-refractivity contribution in [2.24, 2.45) is 22.9 Å². The molecule has 0 spiro atoms. The van der Waals surface area contributed by atoms with Crippen molar-refractivity contribution in [1.82, 2.24) is 4.90 Å². The minimum atomic E-state index is -1.29. The maximum atomic E-state index is 14.7. The normalized spacial score (nSPS) is 24.7. The van der Waals surface area contributed by atoms with E-state index in [9.17, 15) is 15.0 Å². The van der Waals surface area contributed by atoms with E-state index in [1.165, 1.54) is 0 Å². The Kier molecular flexibility index (Phi) is 15.2. The summed E-state index contributed by atoms with van der Waals surface area (Å²) in [6.07, 6.45) is 12.0. The zero-order valence-electron chi connectivity index (χ0n) is 32.4. The van der Waals surface area contributed by atoms with E-state index in [1.54, 1.807) is 19.3 Å². The van der Waals surface area contributed by atoms with Crippen molar-refractivity contribution >= 4 is 11.6 Å². The number of allylic oxidation sites excluding steroid dienone is 1. The highest BCUT2D eigenvalue weighted by atomic mass is 16.7. The molecule has 0 unspecified atom stereocenters. The molecule has 0 radical (unpaired) electrons. The van der Waals surface area contributed by atoms with Gasteiger partial charge in [-0.15, -0.1) is 6.58 Å². The van der Waals surface area contributed by atoms with Crippen LogP contribution in [0, 0.1) is 17.8 Å². The minimum absolute atomic E-state index is 0.0452. The van der Waals surface area contributed by atoms with E-state index < -0.39 is 11.8 Å². The van der Waals surface area contributed by atoms with Crippen LogP contribution in [0.5, 0.6) is 17.2 Å². The summed E-state index contributed by atoms with van der Waals surface area (Å²) >= 11 is 0. The highest BCUT2D eigenvalue weighted by molar-refractivity contribution is 6.03. The molecular formula is C44H60N2O8. The van der Waals surface area contributed by atoms with E-state index in [0.717, 1.165) is 60.3 Å². The van der Waals surface area contributed by atoms with Crippen LogP contribution in [0.2, 0.25) is 0 Å². The van der Waals surface area contributed by atoms with E-state index >= 15 is 0 Å². The van der Waals surface area contributed by atoms with Crippen LogP contribution in [0.3, 0.4) is 0 Å². The maximum Gasteiger partial charge on any atom is 0.239 e. The van der Waals surface area contributed by atoms with Crippen molar-refractivity contribution in [3.8, 4) is 17.2 Å². The molecule has 5 rings (SSSR count). The summed E-state index contributed by atoms with van der Waals surface area (Å²) in [4.78, 5) is 22.5. The van der Waals surface area contributed by atoms with E-state index in [0.29, 0.717) is 50.5 Å².